The standard InChI is InChI=1S/C55H66N12O6S/c1-32(2)50(54(71)66-30-41(68)22-46(66)53(70)57-25-34-8-10-36(11-9-34)51-33(3)60-31-74-51)48-24-49(63-73-48)72-42-16-14-38(15-17-42)64-20-18-35(19-21-64)37-26-58-55(59-27-37)67-39-12-13-40(67)29-65(28-39)45-23-44(61-62-52(45)56)43-6-4-5-7-47(43)69/h4-11,23-24,26-27,31-32,35,38-42,46,50,68-69H,12-22,25,28-30H2,1-3H3,(H2,56,62)(H,57,70)/t38?,39-,40?,41+,42?,46-,50?/m0/s1. The molecule has 0 spiro atoms. The number of rotatable bonds is 14. The van der Waals surface area contributed by atoms with Crippen LogP contribution < -0.4 is 25.6 Å². The first-order valence-electron chi connectivity index (χ1n) is 26.3. The number of phenols is 1. The van der Waals surface area contributed by atoms with Crippen molar-refractivity contribution in [1.82, 2.24) is 45.4 Å². The molecular weight excluding hydrogens is 957 g/mol. The maximum absolute atomic E-state index is 14.3. The van der Waals surface area contributed by atoms with E-state index in [1.807, 2.05) is 68.7 Å². The number of anilines is 3. The lowest BCUT2D eigenvalue weighted by atomic mass is 9.87. The number of nitrogens with one attached hydrogen (secondary N) is 1. The number of carbonyl (C=O) groups is 2. The molecule has 2 aromatic carbocycles. The molecule has 1 aliphatic carbocycles. The monoisotopic (exact) mass is 1020 g/mol. The summed E-state index contributed by atoms with van der Waals surface area (Å²) in [5.41, 5.74) is 14.5. The van der Waals surface area contributed by atoms with E-state index in [1.165, 1.54) is 10.5 Å². The lowest BCUT2D eigenvalue weighted by Gasteiger charge is -2.42. The molecule has 4 aliphatic heterocycles. The fourth-order valence-corrected chi connectivity index (χ4v) is 13.0. The number of aliphatic hydroxyl groups is 1. The Bertz CT molecular complexity index is 2900. The second-order valence-corrected chi connectivity index (χ2v) is 22.1. The van der Waals surface area contributed by atoms with Crippen LogP contribution in [0.3, 0.4) is 0 Å². The minimum absolute atomic E-state index is 0.00711. The molecule has 2 bridgehead atoms. The number of β-amino-alcohol motifs (C(OH)–C–C–N with tert-alkyl or cyclic N) is 1. The van der Waals surface area contributed by atoms with Gasteiger partial charge in [-0.15, -0.1) is 21.5 Å². The number of aromatic hydroxyl groups is 1. The van der Waals surface area contributed by atoms with E-state index in [2.05, 4.69) is 52.7 Å². The summed E-state index contributed by atoms with van der Waals surface area (Å²) in [6.45, 7) is 9.86. The van der Waals surface area contributed by atoms with E-state index < -0.39 is 18.1 Å². The van der Waals surface area contributed by atoms with E-state index in [0.29, 0.717) is 47.2 Å². The molecule has 8 heterocycles. The zero-order valence-corrected chi connectivity index (χ0v) is 43.1. The first-order valence-corrected chi connectivity index (χ1v) is 27.2. The summed E-state index contributed by atoms with van der Waals surface area (Å²) in [4.78, 5) is 52.1. The molecule has 74 heavy (non-hydrogen) atoms. The predicted octanol–water partition coefficient (Wildman–Crippen LogP) is 7.09. The van der Waals surface area contributed by atoms with Crippen molar-refractivity contribution in [3.8, 4) is 33.3 Å². The number of likely N-dealkylation sites (tertiary alicyclic amines) is 2. The molecule has 2 amide bonds. The molecule has 388 valence electrons. The van der Waals surface area contributed by atoms with Gasteiger partial charge in [0.15, 0.2) is 11.6 Å². The third kappa shape index (κ3) is 10.2. The number of hydrogen-bond donors (Lipinski definition) is 4. The van der Waals surface area contributed by atoms with Crippen molar-refractivity contribution in [2.75, 3.05) is 48.3 Å². The topological polar surface area (TPSA) is 225 Å². The van der Waals surface area contributed by atoms with Crippen molar-refractivity contribution < 1.29 is 29.1 Å². The molecule has 5 aliphatic rings. The molecule has 5 fully saturated rings. The third-order valence-corrected chi connectivity index (χ3v) is 17.2. The number of para-hydroxylation sites is 1. The van der Waals surface area contributed by atoms with E-state index in [-0.39, 0.29) is 54.6 Å². The maximum atomic E-state index is 14.3. The van der Waals surface area contributed by atoms with Crippen LogP contribution in [-0.4, -0.2) is 131 Å². The Kier molecular flexibility index (Phi) is 14.2. The fraction of sp³-hybridized carbons (Fsp3) is 0.491. The number of fused-ring (bicyclic) bond motifs is 2. The van der Waals surface area contributed by atoms with Crippen molar-refractivity contribution >= 4 is 40.6 Å². The van der Waals surface area contributed by atoms with E-state index in [1.54, 1.807) is 29.5 Å². The fourth-order valence-electron chi connectivity index (χ4n) is 12.2. The van der Waals surface area contributed by atoms with Gasteiger partial charge in [-0.25, -0.2) is 15.0 Å². The Hall–Kier alpha value is -6.70. The van der Waals surface area contributed by atoms with Crippen molar-refractivity contribution in [2.24, 2.45) is 5.92 Å². The number of nitrogens with zero attached hydrogens (tertiary/aromatic N) is 10. The van der Waals surface area contributed by atoms with Gasteiger partial charge in [-0.2, -0.15) is 0 Å². The quantitative estimate of drug-likeness (QED) is 0.0855. The van der Waals surface area contributed by atoms with Crippen LogP contribution in [0.4, 0.5) is 17.5 Å². The van der Waals surface area contributed by atoms with Gasteiger partial charge in [-0.3, -0.25) is 9.59 Å². The average Bonchev–Trinajstić information content (AvgIpc) is 4.22. The van der Waals surface area contributed by atoms with Crippen LogP contribution in [0.15, 0.2) is 83.1 Å². The smallest absolute Gasteiger partial charge is 0.254 e. The van der Waals surface area contributed by atoms with E-state index >= 15 is 0 Å². The SMILES string of the molecule is Cc1ncsc1-c1ccc(CNC(=O)[C@@H]2C[C@@H](O)CN2C(=O)C(c2cc(OC3CCC(N4CCC(c5cnc(N6C7CC[C@H]6CN(c6cc(-c8ccccc8O)nnc6N)C7)nc5)CC4)CC3)no2)C(C)C)cc1. The van der Waals surface area contributed by atoms with Crippen molar-refractivity contribution in [3.05, 3.63) is 101 Å². The van der Waals surface area contributed by atoms with E-state index in [4.69, 9.17) is 25.0 Å². The Morgan fingerprint density at radius 3 is 2.30 bits per heavy atom. The van der Waals surface area contributed by atoms with Gasteiger partial charge < -0.3 is 50.1 Å². The highest BCUT2D eigenvalue weighted by Crippen LogP contribution is 2.40. The van der Waals surface area contributed by atoms with Gasteiger partial charge in [0.05, 0.1) is 33.6 Å². The zero-order valence-electron chi connectivity index (χ0n) is 42.3. The van der Waals surface area contributed by atoms with Crippen molar-refractivity contribution in [3.63, 3.8) is 0 Å². The molecule has 0 radical (unpaired) electrons. The molecule has 4 aromatic heterocycles. The molecule has 11 rings (SSSR count). The highest BCUT2D eigenvalue weighted by atomic mass is 32.1. The number of piperidine rings is 1. The zero-order chi connectivity index (χ0) is 51.0. The second kappa shape index (κ2) is 21.3. The number of nitrogen functional groups attached to an aromatic ring is 1. The number of aliphatic hydroxyl groups excluding tert-OH is 1. The lowest BCUT2D eigenvalue weighted by molar-refractivity contribution is -0.141. The van der Waals surface area contributed by atoms with Crippen LogP contribution in [0.2, 0.25) is 0 Å². The van der Waals surface area contributed by atoms with Crippen molar-refractivity contribution in [2.45, 2.75) is 133 Å². The van der Waals surface area contributed by atoms with Crippen LogP contribution in [0.5, 0.6) is 11.6 Å². The molecule has 4 saturated heterocycles. The van der Waals surface area contributed by atoms with Gasteiger partial charge in [0, 0.05) is 74.7 Å². The summed E-state index contributed by atoms with van der Waals surface area (Å²) < 4.78 is 12.2. The number of aryl methyl sites for hydroxylation is 1. The number of benzene rings is 2. The van der Waals surface area contributed by atoms with Crippen LogP contribution in [-0.2, 0) is 16.1 Å². The number of aromatic nitrogens is 6. The highest BCUT2D eigenvalue weighted by molar-refractivity contribution is 7.13. The number of hydrogen-bond acceptors (Lipinski definition) is 17. The number of ether oxygens (including phenoxy) is 1. The Labute approximate surface area is 435 Å². The minimum atomic E-state index is -0.810. The Balaban J connectivity index is 0.636. The average molecular weight is 1020 g/mol. The van der Waals surface area contributed by atoms with Crippen LogP contribution in [0.25, 0.3) is 21.7 Å². The molecule has 18 nitrogen and oxygen atoms in total. The van der Waals surface area contributed by atoms with Gasteiger partial charge in [0.2, 0.25) is 17.8 Å². The Morgan fingerprint density at radius 1 is 0.892 bits per heavy atom. The highest BCUT2D eigenvalue weighted by Gasteiger charge is 2.44. The number of phenolic OH excluding ortho intramolecular Hbond substituents is 1. The number of nitrogens with two attached hydrogens (primary N) is 1. The Morgan fingerprint density at radius 2 is 1.61 bits per heavy atom. The van der Waals surface area contributed by atoms with Gasteiger partial charge in [-0.05, 0) is 123 Å². The second-order valence-electron chi connectivity index (χ2n) is 21.3. The molecule has 19 heteroatoms. The normalized spacial score (nSPS) is 23.9. The molecular formula is C55H66N12O6S. The van der Waals surface area contributed by atoms with Crippen LogP contribution in [0, 0.1) is 12.8 Å². The van der Waals surface area contributed by atoms with Gasteiger partial charge in [-0.1, -0.05) is 50.2 Å². The summed E-state index contributed by atoms with van der Waals surface area (Å²) in [5, 5.41) is 37.0. The molecule has 5 atom stereocenters. The summed E-state index contributed by atoms with van der Waals surface area (Å²) in [7, 11) is 0. The minimum Gasteiger partial charge on any atom is -0.507 e. The summed E-state index contributed by atoms with van der Waals surface area (Å²) >= 11 is 1.59. The van der Waals surface area contributed by atoms with Crippen molar-refractivity contribution in [1.29, 1.82) is 0 Å². The molecule has 1 saturated carbocycles. The van der Waals surface area contributed by atoms with E-state index in [9.17, 15) is 19.8 Å². The number of piperazine rings is 1. The van der Waals surface area contributed by atoms with Gasteiger partial charge in [0.1, 0.15) is 23.8 Å². The van der Waals surface area contributed by atoms with E-state index in [0.717, 1.165) is 111 Å². The summed E-state index contributed by atoms with van der Waals surface area (Å²) in [6.07, 6.45) is 11.5. The largest absolute Gasteiger partial charge is 0.507 e. The number of carbonyl (C=O) groups excluding carboxylic acids is 2. The van der Waals surface area contributed by atoms with Crippen LogP contribution in [0.1, 0.15) is 106 Å². The first kappa shape index (κ1) is 49.5. The molecule has 2 unspecified atom stereocenters. The number of thiazole rings is 1. The predicted molar refractivity (Wildman–Crippen MR) is 282 cm³/mol. The maximum Gasteiger partial charge on any atom is 0.254 e. The van der Waals surface area contributed by atoms with Gasteiger partial charge in [0.25, 0.3) is 5.88 Å². The number of amides is 2. The lowest BCUT2D eigenvalue weighted by Crippen LogP contribution is -2.54. The van der Waals surface area contributed by atoms with Gasteiger partial charge >= 0.3 is 0 Å². The third-order valence-electron chi connectivity index (χ3n) is 16.2. The molecule has 6 aromatic rings. The first-order chi connectivity index (χ1) is 35.9. The summed E-state index contributed by atoms with van der Waals surface area (Å²) in [5.74, 6) is 1.08. The summed E-state index contributed by atoms with van der Waals surface area (Å²) in [6, 6.07) is 19.0. The molecule has 5 N–H and O–H groups in total. The van der Waals surface area contributed by atoms with Crippen LogP contribution >= 0.6 is 11.3 Å².